The van der Waals surface area contributed by atoms with Crippen molar-refractivity contribution in [2.75, 3.05) is 0 Å². The predicted molar refractivity (Wildman–Crippen MR) is 68.1 cm³/mol. The van der Waals surface area contributed by atoms with Gasteiger partial charge < -0.3 is 5.11 Å². The van der Waals surface area contributed by atoms with Gasteiger partial charge in [-0.3, -0.25) is 9.67 Å². The first-order chi connectivity index (χ1) is 8.24. The average molecular weight is 247 g/mol. The first-order valence-corrected chi connectivity index (χ1v) is 5.64. The van der Waals surface area contributed by atoms with Gasteiger partial charge in [-0.1, -0.05) is 36.4 Å². The number of allylic oxidation sites excluding steroid dienone is 1. The van der Waals surface area contributed by atoms with Crippen LogP contribution in [0, 0.1) is 4.77 Å². The van der Waals surface area contributed by atoms with Crippen molar-refractivity contribution in [1.82, 2.24) is 14.8 Å². The number of H-pyrrole nitrogens is 1. The average Bonchev–Trinajstić information content (AvgIpc) is 2.72. The van der Waals surface area contributed by atoms with Crippen LogP contribution in [0.5, 0.6) is 0 Å². The van der Waals surface area contributed by atoms with E-state index >= 15 is 0 Å². The summed E-state index contributed by atoms with van der Waals surface area (Å²) in [6, 6.07) is 9.34. The summed E-state index contributed by atoms with van der Waals surface area (Å²) in [5.41, 5.74) is 0.784. The van der Waals surface area contributed by atoms with E-state index in [1.54, 1.807) is 10.6 Å². The zero-order chi connectivity index (χ0) is 12.3. The molecule has 1 atom stereocenters. The van der Waals surface area contributed by atoms with Crippen molar-refractivity contribution in [3.05, 3.63) is 59.1 Å². The maximum Gasteiger partial charge on any atom is 0.195 e. The molecule has 0 spiro atoms. The second kappa shape index (κ2) is 5.07. The third-order valence-electron chi connectivity index (χ3n) is 2.46. The number of aliphatic hydroxyl groups excluding tert-OH is 1. The summed E-state index contributed by atoms with van der Waals surface area (Å²) in [6.07, 6.45) is 0.927. The second-order valence-corrected chi connectivity index (χ2v) is 3.99. The van der Waals surface area contributed by atoms with Gasteiger partial charge in [0.2, 0.25) is 0 Å². The molecular formula is C12H13N3OS. The Bertz CT molecular complexity index is 559. The second-order valence-electron chi connectivity index (χ2n) is 3.60. The number of aromatic nitrogens is 3. The Morgan fingerprint density at radius 2 is 2.18 bits per heavy atom. The molecule has 17 heavy (non-hydrogen) atoms. The van der Waals surface area contributed by atoms with E-state index in [1.165, 1.54) is 0 Å². The molecular weight excluding hydrogens is 234 g/mol. The number of aliphatic hydroxyl groups is 1. The molecule has 0 aliphatic heterocycles. The largest absolute Gasteiger partial charge is 0.380 e. The first-order valence-electron chi connectivity index (χ1n) is 5.23. The van der Waals surface area contributed by atoms with E-state index in [9.17, 15) is 5.11 Å². The Hall–Kier alpha value is -1.72. The van der Waals surface area contributed by atoms with Crippen LogP contribution in [-0.2, 0) is 6.54 Å². The molecule has 0 bridgehead atoms. The van der Waals surface area contributed by atoms with E-state index in [-0.39, 0.29) is 0 Å². The molecule has 1 aromatic carbocycles. The van der Waals surface area contributed by atoms with Crippen LogP contribution < -0.4 is 0 Å². The van der Waals surface area contributed by atoms with Crippen LogP contribution in [-0.4, -0.2) is 19.9 Å². The molecule has 0 radical (unpaired) electrons. The minimum atomic E-state index is -0.788. The van der Waals surface area contributed by atoms with E-state index < -0.39 is 6.10 Å². The molecule has 1 aromatic heterocycles. The Kier molecular flexibility index (Phi) is 3.51. The number of hydrogen-bond donors (Lipinski definition) is 2. The fourth-order valence-corrected chi connectivity index (χ4v) is 1.84. The Morgan fingerprint density at radius 1 is 1.47 bits per heavy atom. The SMILES string of the molecule is C=CCn1c([C@@H](O)c2ccccc2)n[nH]c1=S. The summed E-state index contributed by atoms with van der Waals surface area (Å²) >= 11 is 5.09. The molecule has 2 aromatic rings. The van der Waals surface area contributed by atoms with Crippen LogP contribution in [0.2, 0.25) is 0 Å². The molecule has 0 unspecified atom stereocenters. The molecule has 2 rings (SSSR count). The van der Waals surface area contributed by atoms with Crippen molar-refractivity contribution >= 4 is 12.2 Å². The topological polar surface area (TPSA) is 53.8 Å². The van der Waals surface area contributed by atoms with Crippen molar-refractivity contribution in [1.29, 1.82) is 0 Å². The third-order valence-corrected chi connectivity index (χ3v) is 2.77. The maximum absolute atomic E-state index is 10.2. The van der Waals surface area contributed by atoms with Gasteiger partial charge in [0.1, 0.15) is 6.10 Å². The summed E-state index contributed by atoms with van der Waals surface area (Å²) in [6.45, 7) is 4.18. The van der Waals surface area contributed by atoms with Crippen LogP contribution in [0.15, 0.2) is 43.0 Å². The third kappa shape index (κ3) is 2.35. The van der Waals surface area contributed by atoms with E-state index in [2.05, 4.69) is 16.8 Å². The molecule has 5 heteroatoms. The summed E-state index contributed by atoms with van der Waals surface area (Å²) in [4.78, 5) is 0. The van der Waals surface area contributed by atoms with Crippen molar-refractivity contribution in [2.45, 2.75) is 12.6 Å². The fraction of sp³-hybridized carbons (Fsp3) is 0.167. The zero-order valence-corrected chi connectivity index (χ0v) is 10.0. The number of aromatic amines is 1. The summed E-state index contributed by atoms with van der Waals surface area (Å²) in [7, 11) is 0. The van der Waals surface area contributed by atoms with Gasteiger partial charge in [0.25, 0.3) is 0 Å². The monoisotopic (exact) mass is 247 g/mol. The van der Waals surface area contributed by atoms with Gasteiger partial charge in [0.05, 0.1) is 0 Å². The smallest absolute Gasteiger partial charge is 0.195 e. The molecule has 0 saturated carbocycles. The Morgan fingerprint density at radius 3 is 2.82 bits per heavy atom. The molecule has 0 aliphatic rings. The lowest BCUT2D eigenvalue weighted by atomic mass is 10.1. The van der Waals surface area contributed by atoms with Crippen molar-refractivity contribution in [2.24, 2.45) is 0 Å². The van der Waals surface area contributed by atoms with Crippen LogP contribution in [0.25, 0.3) is 0 Å². The molecule has 0 fully saturated rings. The van der Waals surface area contributed by atoms with Crippen LogP contribution in [0.4, 0.5) is 0 Å². The van der Waals surface area contributed by atoms with E-state index in [0.29, 0.717) is 17.1 Å². The summed E-state index contributed by atoms with van der Waals surface area (Å²) in [5.74, 6) is 0.501. The minimum absolute atomic E-state index is 0.481. The Labute approximate surface area is 104 Å². The van der Waals surface area contributed by atoms with Gasteiger partial charge in [0, 0.05) is 6.54 Å². The van der Waals surface area contributed by atoms with Gasteiger partial charge >= 0.3 is 0 Å². The quantitative estimate of drug-likeness (QED) is 0.643. The van der Waals surface area contributed by atoms with E-state index in [1.807, 2.05) is 30.3 Å². The van der Waals surface area contributed by atoms with Crippen LogP contribution >= 0.6 is 12.2 Å². The van der Waals surface area contributed by atoms with E-state index in [0.717, 1.165) is 5.56 Å². The van der Waals surface area contributed by atoms with Gasteiger partial charge in [-0.2, -0.15) is 5.10 Å². The van der Waals surface area contributed by atoms with Crippen molar-refractivity contribution in [3.63, 3.8) is 0 Å². The highest BCUT2D eigenvalue weighted by molar-refractivity contribution is 7.71. The van der Waals surface area contributed by atoms with Gasteiger partial charge in [-0.15, -0.1) is 6.58 Å². The van der Waals surface area contributed by atoms with E-state index in [4.69, 9.17) is 12.2 Å². The molecule has 0 saturated heterocycles. The predicted octanol–water partition coefficient (Wildman–Crippen LogP) is 2.21. The normalized spacial score (nSPS) is 12.3. The lowest BCUT2D eigenvalue weighted by molar-refractivity contribution is 0.205. The van der Waals surface area contributed by atoms with Crippen molar-refractivity contribution < 1.29 is 5.11 Å². The van der Waals surface area contributed by atoms with Crippen molar-refractivity contribution in [3.8, 4) is 0 Å². The maximum atomic E-state index is 10.2. The number of hydrogen-bond acceptors (Lipinski definition) is 3. The molecule has 0 aliphatic carbocycles. The fourth-order valence-electron chi connectivity index (χ4n) is 1.63. The highest BCUT2D eigenvalue weighted by atomic mass is 32.1. The Balaban J connectivity index is 2.41. The lowest BCUT2D eigenvalue weighted by Gasteiger charge is -2.11. The molecule has 88 valence electrons. The first kappa shape index (κ1) is 11.8. The standard InChI is InChI=1S/C12H13N3OS/c1-2-8-15-11(13-14-12(15)17)10(16)9-6-4-3-5-7-9/h2-7,10,16H,1,8H2,(H,14,17)/t10-/m0/s1. The molecule has 4 nitrogen and oxygen atoms in total. The lowest BCUT2D eigenvalue weighted by Crippen LogP contribution is -2.09. The zero-order valence-electron chi connectivity index (χ0n) is 9.21. The number of benzene rings is 1. The molecule has 0 amide bonds. The summed E-state index contributed by atoms with van der Waals surface area (Å²) < 4.78 is 2.20. The number of rotatable bonds is 4. The molecule has 2 N–H and O–H groups in total. The molecule has 1 heterocycles. The van der Waals surface area contributed by atoms with Gasteiger partial charge in [-0.05, 0) is 17.8 Å². The van der Waals surface area contributed by atoms with Gasteiger partial charge in [0.15, 0.2) is 10.6 Å². The summed E-state index contributed by atoms with van der Waals surface area (Å²) in [5, 5.41) is 17.0. The van der Waals surface area contributed by atoms with Crippen LogP contribution in [0.1, 0.15) is 17.5 Å². The highest BCUT2D eigenvalue weighted by Gasteiger charge is 2.16. The minimum Gasteiger partial charge on any atom is -0.380 e. The number of nitrogens with one attached hydrogen (secondary N) is 1. The number of nitrogens with zero attached hydrogens (tertiary/aromatic N) is 2. The van der Waals surface area contributed by atoms with Gasteiger partial charge in [-0.25, -0.2) is 0 Å². The van der Waals surface area contributed by atoms with Crippen LogP contribution in [0.3, 0.4) is 0 Å². The highest BCUT2D eigenvalue weighted by Crippen LogP contribution is 2.19.